The van der Waals surface area contributed by atoms with Crippen molar-refractivity contribution >= 4 is 23.2 Å². The average molecular weight is 266 g/mol. The van der Waals surface area contributed by atoms with Gasteiger partial charge in [0.2, 0.25) is 11.8 Å². The maximum atomic E-state index is 12.3. The third-order valence-corrected chi connectivity index (χ3v) is 3.27. The molecule has 2 aromatic rings. The number of nitrogens with zero attached hydrogens (tertiary/aromatic N) is 1. The third kappa shape index (κ3) is 2.40. The number of fused-ring (bicyclic) bond motifs is 1. The molecule has 3 rings (SSSR count). The van der Waals surface area contributed by atoms with Gasteiger partial charge in [-0.3, -0.25) is 9.59 Å². The Kier molecular flexibility index (Phi) is 3.21. The topological polar surface area (TPSA) is 49.4 Å². The zero-order valence-electron chi connectivity index (χ0n) is 10.9. The van der Waals surface area contributed by atoms with Gasteiger partial charge in [0.15, 0.2) is 0 Å². The minimum Gasteiger partial charge on any atom is -0.324 e. The smallest absolute Gasteiger partial charge is 0.236 e. The Morgan fingerprint density at radius 1 is 0.950 bits per heavy atom. The highest BCUT2D eigenvalue weighted by Gasteiger charge is 2.25. The van der Waals surface area contributed by atoms with Crippen LogP contribution in [-0.2, 0) is 16.1 Å². The van der Waals surface area contributed by atoms with Gasteiger partial charge in [0, 0.05) is 0 Å². The van der Waals surface area contributed by atoms with Crippen LogP contribution in [0.25, 0.3) is 0 Å². The van der Waals surface area contributed by atoms with E-state index in [1.807, 2.05) is 54.6 Å². The number of hydrogen-bond donors (Lipinski definition) is 1. The molecule has 1 N–H and O–H groups in total. The first-order valence-corrected chi connectivity index (χ1v) is 6.47. The molecular weight excluding hydrogens is 252 g/mol. The van der Waals surface area contributed by atoms with Gasteiger partial charge < -0.3 is 10.2 Å². The number of para-hydroxylation sites is 2. The molecule has 0 radical (unpaired) electrons. The minimum atomic E-state index is -0.266. The number of carbonyl (C=O) groups excluding carboxylic acids is 2. The van der Waals surface area contributed by atoms with Crippen molar-refractivity contribution in [2.45, 2.75) is 13.0 Å². The summed E-state index contributed by atoms with van der Waals surface area (Å²) >= 11 is 0. The summed E-state index contributed by atoms with van der Waals surface area (Å²) in [4.78, 5) is 25.6. The van der Waals surface area contributed by atoms with Crippen LogP contribution < -0.4 is 10.2 Å². The predicted molar refractivity (Wildman–Crippen MR) is 77.3 cm³/mol. The van der Waals surface area contributed by atoms with Crippen LogP contribution in [0.1, 0.15) is 12.0 Å². The number of anilines is 2. The van der Waals surface area contributed by atoms with E-state index in [-0.39, 0.29) is 18.2 Å². The number of nitrogens with one attached hydrogen (secondary N) is 1. The van der Waals surface area contributed by atoms with Gasteiger partial charge in [-0.15, -0.1) is 0 Å². The molecule has 1 aliphatic heterocycles. The SMILES string of the molecule is O=C1CC(=O)N(Cc2ccccc2)c2ccccc2N1. The number of carbonyl (C=O) groups is 2. The summed E-state index contributed by atoms with van der Waals surface area (Å²) in [7, 11) is 0. The maximum Gasteiger partial charge on any atom is 0.236 e. The quantitative estimate of drug-likeness (QED) is 0.849. The van der Waals surface area contributed by atoms with Crippen LogP contribution in [0.15, 0.2) is 54.6 Å². The van der Waals surface area contributed by atoms with E-state index in [2.05, 4.69) is 5.32 Å². The summed E-state index contributed by atoms with van der Waals surface area (Å²) in [6.45, 7) is 0.464. The van der Waals surface area contributed by atoms with E-state index in [9.17, 15) is 9.59 Å². The molecule has 0 spiro atoms. The third-order valence-electron chi connectivity index (χ3n) is 3.27. The number of hydrogen-bond acceptors (Lipinski definition) is 2. The molecule has 4 nitrogen and oxygen atoms in total. The van der Waals surface area contributed by atoms with Gasteiger partial charge in [0.25, 0.3) is 0 Å². The van der Waals surface area contributed by atoms with E-state index in [0.29, 0.717) is 12.2 Å². The summed E-state index contributed by atoms with van der Waals surface area (Å²) in [5.74, 6) is -0.450. The van der Waals surface area contributed by atoms with E-state index in [1.54, 1.807) is 4.90 Å². The van der Waals surface area contributed by atoms with Gasteiger partial charge in [0.1, 0.15) is 6.42 Å². The van der Waals surface area contributed by atoms with Crippen LogP contribution in [0.2, 0.25) is 0 Å². The molecule has 20 heavy (non-hydrogen) atoms. The number of rotatable bonds is 2. The lowest BCUT2D eigenvalue weighted by Gasteiger charge is -2.22. The van der Waals surface area contributed by atoms with Crippen LogP contribution in [-0.4, -0.2) is 11.8 Å². The van der Waals surface area contributed by atoms with Crippen molar-refractivity contribution in [3.8, 4) is 0 Å². The summed E-state index contributed by atoms with van der Waals surface area (Å²) in [5.41, 5.74) is 2.46. The van der Waals surface area contributed by atoms with Crippen molar-refractivity contribution in [2.75, 3.05) is 10.2 Å². The molecule has 0 bridgehead atoms. The largest absolute Gasteiger partial charge is 0.324 e. The lowest BCUT2D eigenvalue weighted by atomic mass is 10.2. The summed E-state index contributed by atoms with van der Waals surface area (Å²) in [5, 5.41) is 2.77. The first-order chi connectivity index (χ1) is 9.74. The molecule has 4 heteroatoms. The second kappa shape index (κ2) is 5.17. The molecule has 1 aliphatic rings. The Hall–Kier alpha value is -2.62. The zero-order chi connectivity index (χ0) is 13.9. The molecule has 100 valence electrons. The normalized spacial score (nSPS) is 14.5. The van der Waals surface area contributed by atoms with Crippen LogP contribution in [0.4, 0.5) is 11.4 Å². The minimum absolute atomic E-state index is 0.123. The summed E-state index contributed by atoms with van der Waals surface area (Å²) < 4.78 is 0. The molecule has 0 fully saturated rings. The predicted octanol–water partition coefficient (Wildman–Crippen LogP) is 2.56. The monoisotopic (exact) mass is 266 g/mol. The van der Waals surface area contributed by atoms with Gasteiger partial charge in [-0.25, -0.2) is 0 Å². The first-order valence-electron chi connectivity index (χ1n) is 6.47. The molecule has 0 saturated carbocycles. The fraction of sp³-hybridized carbons (Fsp3) is 0.125. The highest BCUT2D eigenvalue weighted by molar-refractivity contribution is 6.14. The van der Waals surface area contributed by atoms with E-state index in [4.69, 9.17) is 0 Å². The van der Waals surface area contributed by atoms with Crippen LogP contribution >= 0.6 is 0 Å². The van der Waals surface area contributed by atoms with Gasteiger partial charge >= 0.3 is 0 Å². The molecule has 1 heterocycles. The molecule has 0 aromatic heterocycles. The maximum absolute atomic E-state index is 12.3. The summed E-state index contributed by atoms with van der Waals surface area (Å²) in [6.07, 6.45) is -0.123. The average Bonchev–Trinajstić information content (AvgIpc) is 2.57. The Bertz CT molecular complexity index is 653. The van der Waals surface area contributed by atoms with E-state index < -0.39 is 0 Å². The Labute approximate surface area is 117 Å². The van der Waals surface area contributed by atoms with Crippen LogP contribution in [0.3, 0.4) is 0 Å². The summed E-state index contributed by atoms with van der Waals surface area (Å²) in [6, 6.07) is 17.1. The van der Waals surface area contributed by atoms with E-state index in [0.717, 1.165) is 11.3 Å². The van der Waals surface area contributed by atoms with Crippen LogP contribution in [0, 0.1) is 0 Å². The second-order valence-corrected chi connectivity index (χ2v) is 4.71. The van der Waals surface area contributed by atoms with Crippen molar-refractivity contribution in [1.82, 2.24) is 0 Å². The van der Waals surface area contributed by atoms with E-state index >= 15 is 0 Å². The van der Waals surface area contributed by atoms with Gasteiger partial charge in [-0.1, -0.05) is 42.5 Å². The molecule has 0 aliphatic carbocycles. The highest BCUT2D eigenvalue weighted by atomic mass is 16.2. The van der Waals surface area contributed by atoms with Gasteiger partial charge in [-0.2, -0.15) is 0 Å². The molecule has 0 saturated heterocycles. The number of benzene rings is 2. The van der Waals surface area contributed by atoms with Gasteiger partial charge in [-0.05, 0) is 17.7 Å². The molecule has 0 unspecified atom stereocenters. The van der Waals surface area contributed by atoms with Crippen molar-refractivity contribution < 1.29 is 9.59 Å². The Morgan fingerprint density at radius 3 is 2.45 bits per heavy atom. The van der Waals surface area contributed by atoms with Crippen molar-refractivity contribution in [3.63, 3.8) is 0 Å². The standard InChI is InChI=1S/C16H14N2O2/c19-15-10-16(20)18(11-12-6-2-1-3-7-12)14-9-5-4-8-13(14)17-15/h1-9H,10-11H2,(H,17,19). The highest BCUT2D eigenvalue weighted by Crippen LogP contribution is 2.30. The fourth-order valence-electron chi connectivity index (χ4n) is 2.32. The lowest BCUT2D eigenvalue weighted by Crippen LogP contribution is -2.30. The molecular formula is C16H14N2O2. The van der Waals surface area contributed by atoms with Crippen molar-refractivity contribution in [2.24, 2.45) is 0 Å². The molecule has 2 amide bonds. The Morgan fingerprint density at radius 2 is 1.65 bits per heavy atom. The van der Waals surface area contributed by atoms with Gasteiger partial charge in [0.05, 0.1) is 17.9 Å². The zero-order valence-corrected chi connectivity index (χ0v) is 10.9. The fourth-order valence-corrected chi connectivity index (χ4v) is 2.32. The Balaban J connectivity index is 2.00. The van der Waals surface area contributed by atoms with Crippen LogP contribution in [0.5, 0.6) is 0 Å². The van der Waals surface area contributed by atoms with Crippen molar-refractivity contribution in [3.05, 3.63) is 60.2 Å². The second-order valence-electron chi connectivity index (χ2n) is 4.71. The first kappa shape index (κ1) is 12.4. The number of amides is 2. The van der Waals surface area contributed by atoms with E-state index in [1.165, 1.54) is 0 Å². The lowest BCUT2D eigenvalue weighted by molar-refractivity contribution is -0.125. The molecule has 2 aromatic carbocycles. The molecule has 0 atom stereocenters. The van der Waals surface area contributed by atoms with Crippen molar-refractivity contribution in [1.29, 1.82) is 0 Å².